The van der Waals surface area contributed by atoms with Gasteiger partial charge in [-0.05, 0) is 25.3 Å². The van der Waals surface area contributed by atoms with Crippen LogP contribution in [0.3, 0.4) is 0 Å². The Bertz CT molecular complexity index is 862. The normalized spacial score (nSPS) is 18.8. The summed E-state index contributed by atoms with van der Waals surface area (Å²) in [5.41, 5.74) is -0.189. The highest BCUT2D eigenvalue weighted by molar-refractivity contribution is 7.92. The van der Waals surface area contributed by atoms with E-state index in [4.69, 9.17) is 21.1 Å². The van der Waals surface area contributed by atoms with E-state index in [0.29, 0.717) is 4.34 Å². The molecule has 0 bridgehead atoms. The van der Waals surface area contributed by atoms with Crippen LogP contribution < -0.4 is 5.11 Å². The van der Waals surface area contributed by atoms with Crippen molar-refractivity contribution < 1.29 is 27.7 Å². The second-order valence-electron chi connectivity index (χ2n) is 4.34. The third-order valence-electron chi connectivity index (χ3n) is 2.93. The first-order valence-electron chi connectivity index (χ1n) is 6.40. The van der Waals surface area contributed by atoms with Crippen molar-refractivity contribution in [1.82, 2.24) is 0 Å². The quantitative estimate of drug-likeness (QED) is 0.711. The maximum absolute atomic E-state index is 12.4. The second-order valence-corrected chi connectivity index (χ2v) is 7.89. The Morgan fingerprint density at radius 1 is 1.17 bits per heavy atom. The summed E-state index contributed by atoms with van der Waals surface area (Å²) < 4.78 is 43.7. The minimum Gasteiger partial charge on any atom is -0.616 e. The van der Waals surface area contributed by atoms with Gasteiger partial charge < -0.3 is 19.3 Å². The van der Waals surface area contributed by atoms with Gasteiger partial charge in [-0.1, -0.05) is 11.6 Å². The van der Waals surface area contributed by atoms with Crippen LogP contribution in [0.25, 0.3) is 0 Å². The number of hydrogen-bond donors (Lipinski definition) is 0. The summed E-state index contributed by atoms with van der Waals surface area (Å²) >= 11 is 6.63. The monoisotopic (exact) mass is 390 g/mol. The van der Waals surface area contributed by atoms with Crippen molar-refractivity contribution in [2.24, 2.45) is 4.40 Å². The first-order chi connectivity index (χ1) is 11.3. The molecule has 0 saturated carbocycles. The third-order valence-corrected chi connectivity index (χ3v) is 5.92. The zero-order valence-electron chi connectivity index (χ0n) is 12.9. The molecule has 1 heterocycles. The van der Waals surface area contributed by atoms with Crippen molar-refractivity contribution in [2.45, 2.75) is 4.21 Å². The smallest absolute Gasteiger partial charge is 0.292 e. The summed E-state index contributed by atoms with van der Waals surface area (Å²) in [7, 11) is -0.0985. The minimum atomic E-state index is -4.05. The van der Waals surface area contributed by atoms with E-state index in [2.05, 4.69) is 9.13 Å². The van der Waals surface area contributed by atoms with E-state index < -0.39 is 16.0 Å². The first-order valence-corrected chi connectivity index (χ1v) is 9.03. The largest absolute Gasteiger partial charge is 0.616 e. The lowest BCUT2D eigenvalue weighted by Gasteiger charge is -2.20. The summed E-state index contributed by atoms with van der Waals surface area (Å²) in [5, 5.41) is 11.9. The van der Waals surface area contributed by atoms with Crippen LogP contribution >= 0.6 is 22.9 Å². The highest BCUT2D eigenvalue weighted by atomic mass is 35.5. The molecule has 0 unspecified atom stereocenters. The molecule has 1 aliphatic rings. The Hall–Kier alpha value is -1.97. The summed E-state index contributed by atoms with van der Waals surface area (Å²) in [6, 6.07) is 2.79. The molecule has 0 aromatic carbocycles. The number of nitrogens with zero attached hydrogens (tertiary/aromatic N) is 1. The predicted molar refractivity (Wildman–Crippen MR) is 88.2 cm³/mol. The number of allylic oxidation sites excluding steroid dienone is 3. The van der Waals surface area contributed by atoms with Crippen LogP contribution in [0.15, 0.2) is 55.9 Å². The maximum atomic E-state index is 12.4. The van der Waals surface area contributed by atoms with E-state index in [0.717, 1.165) is 11.3 Å². The lowest BCUT2D eigenvalue weighted by Crippen LogP contribution is -2.19. The van der Waals surface area contributed by atoms with Gasteiger partial charge in [0.2, 0.25) is 0 Å². The zero-order valence-corrected chi connectivity index (χ0v) is 15.3. The van der Waals surface area contributed by atoms with Crippen molar-refractivity contribution in [2.75, 3.05) is 21.3 Å². The molecule has 0 amide bonds. The van der Waals surface area contributed by atoms with Crippen LogP contribution in [0.4, 0.5) is 0 Å². The maximum Gasteiger partial charge on any atom is 0.292 e. The Kier molecular flexibility index (Phi) is 5.58. The van der Waals surface area contributed by atoms with Gasteiger partial charge in [-0.3, -0.25) is 0 Å². The summed E-state index contributed by atoms with van der Waals surface area (Å²) in [6.07, 6.45) is 2.60. The highest BCUT2D eigenvalue weighted by Crippen LogP contribution is 2.29. The Morgan fingerprint density at radius 2 is 1.79 bits per heavy atom. The zero-order chi connectivity index (χ0) is 17.9. The van der Waals surface area contributed by atoms with Crippen LogP contribution in [0.5, 0.6) is 0 Å². The molecule has 0 spiro atoms. The second kappa shape index (κ2) is 7.29. The molecule has 10 heteroatoms. The Balaban J connectivity index is 2.61. The number of sulfonamides is 1. The molecule has 0 fully saturated rings. The van der Waals surface area contributed by atoms with Gasteiger partial charge in [0.25, 0.3) is 10.0 Å². The molecule has 0 radical (unpaired) electrons. The molecular formula is C14H13ClNO6S2-. The number of rotatable bonds is 5. The molecule has 1 aromatic rings. The SMILES string of the molecule is COC1=CC(=NS(=O)(=O)c2ccc(Cl)s2)C(=C([O-])OC)C=C1OC. The van der Waals surface area contributed by atoms with Gasteiger partial charge in [-0.25, -0.2) is 0 Å². The van der Waals surface area contributed by atoms with Gasteiger partial charge in [0.1, 0.15) is 4.21 Å². The number of halogens is 1. The average Bonchev–Trinajstić information content (AvgIpc) is 3.00. The molecule has 1 aromatic heterocycles. The van der Waals surface area contributed by atoms with Crippen molar-refractivity contribution in [1.29, 1.82) is 0 Å². The number of thiophene rings is 1. The fraction of sp³-hybridized carbons (Fsp3) is 0.214. The van der Waals surface area contributed by atoms with E-state index in [-0.39, 0.29) is 27.0 Å². The molecule has 2 rings (SSSR count). The average molecular weight is 391 g/mol. The molecular weight excluding hydrogens is 378 g/mol. The topological polar surface area (TPSA) is 97.2 Å². The molecule has 7 nitrogen and oxygen atoms in total. The highest BCUT2D eigenvalue weighted by Gasteiger charge is 2.23. The van der Waals surface area contributed by atoms with E-state index >= 15 is 0 Å². The van der Waals surface area contributed by atoms with Gasteiger partial charge in [0, 0.05) is 11.6 Å². The van der Waals surface area contributed by atoms with Crippen LogP contribution in [0, 0.1) is 0 Å². The molecule has 0 saturated heterocycles. The standard InChI is InChI=1S/C14H14ClNO6S2/c1-20-10-6-8(14(17)22-3)9(7-11(10)21-2)16-24(18,19)13-5-4-12(15)23-13/h4-7,17H,1-3H3/p-1. The van der Waals surface area contributed by atoms with Crippen LogP contribution in [-0.2, 0) is 24.2 Å². The van der Waals surface area contributed by atoms with Crippen LogP contribution in [-0.4, -0.2) is 35.5 Å². The van der Waals surface area contributed by atoms with Gasteiger partial charge in [0.15, 0.2) is 11.5 Å². The Morgan fingerprint density at radius 3 is 2.29 bits per heavy atom. The molecule has 1 aliphatic carbocycles. The summed E-state index contributed by atoms with van der Waals surface area (Å²) in [5.74, 6) is -0.286. The van der Waals surface area contributed by atoms with Gasteiger partial charge in [-0.2, -0.15) is 12.8 Å². The van der Waals surface area contributed by atoms with Crippen molar-refractivity contribution in [3.8, 4) is 0 Å². The van der Waals surface area contributed by atoms with Crippen LogP contribution in [0.2, 0.25) is 4.34 Å². The molecule has 0 atom stereocenters. The fourth-order valence-corrected chi connectivity index (χ4v) is 4.28. The van der Waals surface area contributed by atoms with Crippen molar-refractivity contribution >= 4 is 38.7 Å². The number of hydrogen-bond acceptors (Lipinski definition) is 7. The van der Waals surface area contributed by atoms with Crippen molar-refractivity contribution in [3.63, 3.8) is 0 Å². The van der Waals surface area contributed by atoms with Crippen LogP contribution in [0.1, 0.15) is 0 Å². The Labute approximate surface area is 148 Å². The fourth-order valence-electron chi connectivity index (χ4n) is 1.83. The number of methoxy groups -OCH3 is 3. The molecule has 0 N–H and O–H groups in total. The van der Waals surface area contributed by atoms with E-state index in [1.54, 1.807) is 0 Å². The van der Waals surface area contributed by atoms with E-state index in [1.165, 1.54) is 45.6 Å². The number of ether oxygens (including phenoxy) is 3. The molecule has 130 valence electrons. The predicted octanol–water partition coefficient (Wildman–Crippen LogP) is 1.82. The van der Waals surface area contributed by atoms with Gasteiger partial charge >= 0.3 is 0 Å². The lowest BCUT2D eigenvalue weighted by molar-refractivity contribution is -0.354. The van der Waals surface area contributed by atoms with E-state index in [9.17, 15) is 13.5 Å². The van der Waals surface area contributed by atoms with E-state index in [1.807, 2.05) is 0 Å². The minimum absolute atomic E-state index is 0.0434. The first kappa shape index (κ1) is 18.4. The molecule has 0 aliphatic heterocycles. The summed E-state index contributed by atoms with van der Waals surface area (Å²) in [6.45, 7) is 0. The van der Waals surface area contributed by atoms with Gasteiger partial charge in [-0.15, -0.1) is 11.3 Å². The molecule has 24 heavy (non-hydrogen) atoms. The lowest BCUT2D eigenvalue weighted by atomic mass is 10.0. The third kappa shape index (κ3) is 3.74. The summed E-state index contributed by atoms with van der Waals surface area (Å²) in [4.78, 5) is 0. The van der Waals surface area contributed by atoms with Crippen molar-refractivity contribution in [3.05, 3.63) is 51.7 Å². The van der Waals surface area contributed by atoms with Gasteiger partial charge in [0.05, 0.1) is 30.2 Å².